The van der Waals surface area contributed by atoms with Crippen molar-refractivity contribution in [3.8, 4) is 0 Å². The van der Waals surface area contributed by atoms with Gasteiger partial charge in [-0.1, -0.05) is 30.3 Å². The van der Waals surface area contributed by atoms with Crippen LogP contribution in [0.3, 0.4) is 0 Å². The van der Waals surface area contributed by atoms with Crippen LogP contribution in [-0.4, -0.2) is 74.4 Å². The molecule has 1 aliphatic heterocycles. The van der Waals surface area contributed by atoms with Crippen LogP contribution >= 0.6 is 0 Å². The van der Waals surface area contributed by atoms with Crippen LogP contribution in [0.1, 0.15) is 26.3 Å². The van der Waals surface area contributed by atoms with E-state index in [1.165, 1.54) is 5.56 Å². The third-order valence-electron chi connectivity index (χ3n) is 5.14. The highest BCUT2D eigenvalue weighted by atomic mass is 32.2. The summed E-state index contributed by atoms with van der Waals surface area (Å²) >= 11 is 0. The van der Waals surface area contributed by atoms with Crippen molar-refractivity contribution < 1.29 is 8.42 Å². The Morgan fingerprint density at radius 1 is 1.35 bits per heavy atom. The van der Waals surface area contributed by atoms with E-state index in [0.29, 0.717) is 19.1 Å². The molecule has 0 aliphatic carbocycles. The Bertz CT molecular complexity index is 716. The molecule has 2 rings (SSSR count). The van der Waals surface area contributed by atoms with Gasteiger partial charge in [-0.05, 0) is 33.4 Å². The normalized spacial score (nSPS) is 20.8. The van der Waals surface area contributed by atoms with Crippen molar-refractivity contribution in [2.45, 2.75) is 38.1 Å². The lowest BCUT2D eigenvalue weighted by atomic mass is 10.2. The lowest BCUT2D eigenvalue weighted by Gasteiger charge is -2.39. The van der Waals surface area contributed by atoms with E-state index in [4.69, 9.17) is 0 Å². The fourth-order valence-electron chi connectivity index (χ4n) is 3.08. The van der Waals surface area contributed by atoms with E-state index in [-0.39, 0.29) is 5.75 Å². The van der Waals surface area contributed by atoms with Crippen molar-refractivity contribution in [3.63, 3.8) is 0 Å². The fraction of sp³-hybridized carbons (Fsp3) is 0.632. The van der Waals surface area contributed by atoms with Gasteiger partial charge in [-0.15, -0.1) is 0 Å². The van der Waals surface area contributed by atoms with E-state index in [2.05, 4.69) is 53.4 Å². The van der Waals surface area contributed by atoms with E-state index in [1.54, 1.807) is 20.9 Å². The third-order valence-corrected chi connectivity index (χ3v) is 7.67. The first-order valence-corrected chi connectivity index (χ1v) is 10.7. The minimum Gasteiger partial charge on any atom is -0.355 e. The molecule has 0 bridgehead atoms. The number of rotatable bonds is 5. The van der Waals surface area contributed by atoms with Gasteiger partial charge < -0.3 is 10.2 Å². The Kier molecular flexibility index (Phi) is 6.69. The maximum atomic E-state index is 12.2. The summed E-state index contributed by atoms with van der Waals surface area (Å²) in [5, 5.41) is 3.41. The van der Waals surface area contributed by atoms with Gasteiger partial charge in [-0.3, -0.25) is 9.89 Å². The van der Waals surface area contributed by atoms with Gasteiger partial charge in [0.2, 0.25) is 0 Å². The number of likely N-dealkylation sites (N-methyl/N-ethyl adjacent to an activating group) is 1. The largest absolute Gasteiger partial charge is 0.355 e. The molecule has 7 heteroatoms. The zero-order valence-corrected chi connectivity index (χ0v) is 17.4. The first-order valence-electron chi connectivity index (χ1n) is 9.08. The molecule has 1 atom stereocenters. The second kappa shape index (κ2) is 8.39. The number of aliphatic imine (C=N–C) groups is 1. The van der Waals surface area contributed by atoms with E-state index in [9.17, 15) is 8.42 Å². The number of guanidine groups is 1. The Morgan fingerprint density at radius 2 is 2.00 bits per heavy atom. The zero-order valence-electron chi connectivity index (χ0n) is 16.6. The van der Waals surface area contributed by atoms with Crippen LogP contribution in [0.4, 0.5) is 0 Å². The van der Waals surface area contributed by atoms with Crippen molar-refractivity contribution in [3.05, 3.63) is 35.9 Å². The molecule has 0 aromatic heterocycles. The average molecular weight is 381 g/mol. The Balaban J connectivity index is 1.90. The van der Waals surface area contributed by atoms with Crippen LogP contribution in [-0.2, 0) is 16.4 Å². The molecule has 1 aromatic carbocycles. The van der Waals surface area contributed by atoms with E-state index >= 15 is 0 Å². The second-order valence-corrected chi connectivity index (χ2v) is 10.4. The minimum atomic E-state index is -3.05. The van der Waals surface area contributed by atoms with Gasteiger partial charge in [0.25, 0.3) is 0 Å². The quantitative estimate of drug-likeness (QED) is 0.621. The highest BCUT2D eigenvalue weighted by molar-refractivity contribution is 7.92. The molecular formula is C19H32N4O2S. The van der Waals surface area contributed by atoms with Crippen LogP contribution in [0.5, 0.6) is 0 Å². The highest BCUT2D eigenvalue weighted by Crippen LogP contribution is 2.23. The monoisotopic (exact) mass is 380 g/mol. The lowest BCUT2D eigenvalue weighted by molar-refractivity contribution is 0.246. The second-order valence-electron chi connectivity index (χ2n) is 7.68. The number of sulfone groups is 1. The van der Waals surface area contributed by atoms with Crippen LogP contribution in [0.15, 0.2) is 35.3 Å². The average Bonchev–Trinajstić information content (AvgIpc) is 2.59. The van der Waals surface area contributed by atoms with Gasteiger partial charge in [-0.25, -0.2) is 8.42 Å². The minimum absolute atomic E-state index is 0.171. The third kappa shape index (κ3) is 4.98. The van der Waals surface area contributed by atoms with Gasteiger partial charge in [0.15, 0.2) is 15.8 Å². The van der Waals surface area contributed by atoms with Crippen LogP contribution in [0.2, 0.25) is 0 Å². The van der Waals surface area contributed by atoms with E-state index in [0.717, 1.165) is 19.0 Å². The number of hydrogen-bond acceptors (Lipinski definition) is 4. The molecule has 0 spiro atoms. The Labute approximate surface area is 158 Å². The molecule has 1 unspecified atom stereocenters. The highest BCUT2D eigenvalue weighted by Gasteiger charge is 2.40. The molecular weight excluding hydrogens is 348 g/mol. The van der Waals surface area contributed by atoms with Crippen LogP contribution in [0.25, 0.3) is 0 Å². The van der Waals surface area contributed by atoms with Crippen molar-refractivity contribution >= 4 is 15.8 Å². The first-order chi connectivity index (χ1) is 12.2. The van der Waals surface area contributed by atoms with E-state index in [1.807, 2.05) is 11.0 Å². The number of hydrogen-bond donors (Lipinski definition) is 1. The van der Waals surface area contributed by atoms with Gasteiger partial charge in [0.05, 0.1) is 10.5 Å². The molecule has 26 heavy (non-hydrogen) atoms. The van der Waals surface area contributed by atoms with Crippen LogP contribution < -0.4 is 5.32 Å². The molecule has 1 N–H and O–H groups in total. The summed E-state index contributed by atoms with van der Waals surface area (Å²) in [6, 6.07) is 10.7. The summed E-state index contributed by atoms with van der Waals surface area (Å²) in [5.74, 6) is 0.942. The number of benzene rings is 1. The maximum Gasteiger partial charge on any atom is 0.193 e. The maximum absolute atomic E-state index is 12.2. The number of nitrogens with one attached hydrogen (secondary N) is 1. The van der Waals surface area contributed by atoms with Crippen LogP contribution in [0, 0.1) is 0 Å². The van der Waals surface area contributed by atoms with Crippen molar-refractivity contribution in [2.75, 3.05) is 39.5 Å². The molecule has 0 radical (unpaired) electrons. The van der Waals surface area contributed by atoms with Gasteiger partial charge in [-0.2, -0.15) is 0 Å². The molecule has 1 heterocycles. The standard InChI is InChI=1S/C19H32N4O2S/c1-16(22(5)14-17-9-7-6-8-10-17)13-21-18(20-4)23-11-12-26(24,25)19(2,3)15-23/h6-10,16H,11-15H2,1-5H3,(H,20,21). The van der Waals surface area contributed by atoms with Gasteiger partial charge >= 0.3 is 0 Å². The van der Waals surface area contributed by atoms with Crippen molar-refractivity contribution in [1.29, 1.82) is 0 Å². The Morgan fingerprint density at radius 3 is 2.58 bits per heavy atom. The summed E-state index contributed by atoms with van der Waals surface area (Å²) in [5.41, 5.74) is 1.29. The summed E-state index contributed by atoms with van der Waals surface area (Å²) in [6.07, 6.45) is 0. The summed E-state index contributed by atoms with van der Waals surface area (Å²) in [6.45, 7) is 8.34. The molecule has 6 nitrogen and oxygen atoms in total. The molecule has 1 aromatic rings. The van der Waals surface area contributed by atoms with Gasteiger partial charge in [0, 0.05) is 39.3 Å². The van der Waals surface area contributed by atoms with Crippen molar-refractivity contribution in [2.24, 2.45) is 4.99 Å². The molecule has 1 fully saturated rings. The summed E-state index contributed by atoms with van der Waals surface area (Å²) in [7, 11) is 0.809. The zero-order chi connectivity index (χ0) is 19.4. The number of nitrogens with zero attached hydrogens (tertiary/aromatic N) is 3. The Hall–Kier alpha value is -1.60. The lowest BCUT2D eigenvalue weighted by Crippen LogP contribution is -2.58. The van der Waals surface area contributed by atoms with Gasteiger partial charge in [0.1, 0.15) is 0 Å². The van der Waals surface area contributed by atoms with E-state index < -0.39 is 14.6 Å². The fourth-order valence-corrected chi connectivity index (χ4v) is 4.44. The smallest absolute Gasteiger partial charge is 0.193 e. The first kappa shape index (κ1) is 20.7. The van der Waals surface area contributed by atoms with Crippen molar-refractivity contribution in [1.82, 2.24) is 15.1 Å². The summed E-state index contributed by atoms with van der Waals surface area (Å²) < 4.78 is 23.6. The molecule has 0 amide bonds. The predicted molar refractivity (Wildman–Crippen MR) is 108 cm³/mol. The molecule has 146 valence electrons. The molecule has 1 aliphatic rings. The topological polar surface area (TPSA) is 65.0 Å². The molecule has 1 saturated heterocycles. The summed E-state index contributed by atoms with van der Waals surface area (Å²) in [4.78, 5) is 8.70. The SMILES string of the molecule is CN=C(NCC(C)N(C)Cc1ccccc1)N1CCS(=O)(=O)C(C)(C)C1. The predicted octanol–water partition coefficient (Wildman–Crippen LogP) is 1.59. The molecule has 0 saturated carbocycles.